The first-order chi connectivity index (χ1) is 10.9. The summed E-state index contributed by atoms with van der Waals surface area (Å²) in [6.45, 7) is 11.9. The van der Waals surface area contributed by atoms with E-state index in [0.717, 1.165) is 38.7 Å². The Morgan fingerprint density at radius 2 is 2.04 bits per heavy atom. The summed E-state index contributed by atoms with van der Waals surface area (Å²) in [6.07, 6.45) is 1.23. The molecule has 136 valence electrons. The quantitative estimate of drug-likeness (QED) is 0.428. The molecule has 0 bridgehead atoms. The van der Waals surface area contributed by atoms with Crippen LogP contribution in [0.15, 0.2) is 29.3 Å². The Morgan fingerprint density at radius 1 is 1.33 bits per heavy atom. The van der Waals surface area contributed by atoms with Crippen molar-refractivity contribution < 1.29 is 0 Å². The zero-order valence-corrected chi connectivity index (χ0v) is 18.1. The van der Waals surface area contributed by atoms with Gasteiger partial charge in [0.15, 0.2) is 5.96 Å². The molecular formula is C19H33IN4. The first-order valence-corrected chi connectivity index (χ1v) is 8.65. The molecular weight excluding hydrogens is 411 g/mol. The normalized spacial score (nSPS) is 17.1. The second-order valence-corrected chi connectivity index (χ2v) is 7.39. The number of benzene rings is 1. The highest BCUT2D eigenvalue weighted by molar-refractivity contribution is 14.0. The molecule has 0 spiro atoms. The summed E-state index contributed by atoms with van der Waals surface area (Å²) in [4.78, 5) is 9.14. The molecule has 4 nitrogen and oxygen atoms in total. The number of hydrogen-bond acceptors (Lipinski definition) is 2. The average Bonchev–Trinajstić information content (AvgIpc) is 2.88. The van der Waals surface area contributed by atoms with Crippen LogP contribution in [-0.4, -0.2) is 49.5 Å². The van der Waals surface area contributed by atoms with Gasteiger partial charge in [-0.1, -0.05) is 45.0 Å². The molecule has 0 amide bonds. The largest absolute Gasteiger partial charge is 0.352 e. The first-order valence-electron chi connectivity index (χ1n) is 8.65. The molecule has 24 heavy (non-hydrogen) atoms. The van der Waals surface area contributed by atoms with Gasteiger partial charge in [-0.3, -0.25) is 4.99 Å². The fourth-order valence-electron chi connectivity index (χ4n) is 3.07. The van der Waals surface area contributed by atoms with E-state index >= 15 is 0 Å². The van der Waals surface area contributed by atoms with Crippen LogP contribution in [0.4, 0.5) is 0 Å². The molecule has 1 N–H and O–H groups in total. The molecule has 0 atom stereocenters. The number of nitrogens with one attached hydrogen (secondary N) is 1. The van der Waals surface area contributed by atoms with Gasteiger partial charge in [-0.05, 0) is 36.6 Å². The van der Waals surface area contributed by atoms with Crippen LogP contribution in [-0.2, 0) is 13.1 Å². The molecule has 0 unspecified atom stereocenters. The van der Waals surface area contributed by atoms with E-state index in [-0.39, 0.29) is 24.0 Å². The highest BCUT2D eigenvalue weighted by atomic mass is 127. The number of halogens is 1. The molecule has 1 aliphatic rings. The van der Waals surface area contributed by atoms with Crippen molar-refractivity contribution in [1.29, 1.82) is 0 Å². The Bertz CT molecular complexity index is 542. The van der Waals surface area contributed by atoms with Crippen molar-refractivity contribution in [2.45, 2.75) is 40.3 Å². The van der Waals surface area contributed by atoms with Crippen molar-refractivity contribution in [2.75, 3.05) is 33.7 Å². The number of guanidine groups is 1. The van der Waals surface area contributed by atoms with Crippen molar-refractivity contribution in [3.05, 3.63) is 35.4 Å². The van der Waals surface area contributed by atoms with Gasteiger partial charge < -0.3 is 15.1 Å². The molecule has 1 aromatic rings. The molecule has 0 aromatic heterocycles. The SMILES string of the molecule is CCN(C)Cc1cccc(CNC(=NC)N2CCC(C)(C)C2)c1.I. The summed E-state index contributed by atoms with van der Waals surface area (Å²) in [5.74, 6) is 1.02. The van der Waals surface area contributed by atoms with Gasteiger partial charge in [0.1, 0.15) is 0 Å². The number of nitrogens with zero attached hydrogens (tertiary/aromatic N) is 3. The van der Waals surface area contributed by atoms with Gasteiger partial charge in [0.05, 0.1) is 0 Å². The highest BCUT2D eigenvalue weighted by Gasteiger charge is 2.30. The van der Waals surface area contributed by atoms with E-state index in [1.54, 1.807) is 0 Å². The third-order valence-corrected chi connectivity index (χ3v) is 4.62. The van der Waals surface area contributed by atoms with Crippen molar-refractivity contribution in [3.8, 4) is 0 Å². The summed E-state index contributed by atoms with van der Waals surface area (Å²) in [7, 11) is 4.03. The number of likely N-dealkylation sites (tertiary alicyclic amines) is 1. The van der Waals surface area contributed by atoms with Crippen molar-refractivity contribution in [2.24, 2.45) is 10.4 Å². The first kappa shape index (κ1) is 21.2. The van der Waals surface area contributed by atoms with Gasteiger partial charge in [-0.2, -0.15) is 0 Å². The van der Waals surface area contributed by atoms with E-state index in [4.69, 9.17) is 0 Å². The van der Waals surface area contributed by atoms with E-state index in [0.29, 0.717) is 5.41 Å². The Kier molecular flexibility index (Phi) is 8.50. The second-order valence-electron chi connectivity index (χ2n) is 7.39. The summed E-state index contributed by atoms with van der Waals surface area (Å²) in [5, 5.41) is 3.52. The van der Waals surface area contributed by atoms with Crippen molar-refractivity contribution in [3.63, 3.8) is 0 Å². The van der Waals surface area contributed by atoms with Gasteiger partial charge in [0.2, 0.25) is 0 Å². The van der Waals surface area contributed by atoms with Crippen LogP contribution in [0.3, 0.4) is 0 Å². The molecule has 5 heteroatoms. The Labute approximate surface area is 164 Å². The van der Waals surface area contributed by atoms with Gasteiger partial charge in [0, 0.05) is 33.2 Å². The molecule has 1 aliphatic heterocycles. The van der Waals surface area contributed by atoms with Gasteiger partial charge in [-0.25, -0.2) is 0 Å². The summed E-state index contributed by atoms with van der Waals surface area (Å²) >= 11 is 0. The minimum Gasteiger partial charge on any atom is -0.352 e. The Morgan fingerprint density at radius 3 is 2.62 bits per heavy atom. The van der Waals surface area contributed by atoms with Crippen LogP contribution in [0.5, 0.6) is 0 Å². The standard InChI is InChI=1S/C19H32N4.HI/c1-6-22(5)14-17-9-7-8-16(12-17)13-21-18(20-4)23-11-10-19(2,3)15-23;/h7-9,12H,6,10-11,13-15H2,1-5H3,(H,20,21);1H. The van der Waals surface area contributed by atoms with Crippen LogP contribution < -0.4 is 5.32 Å². The molecule has 1 aromatic carbocycles. The van der Waals surface area contributed by atoms with Crippen LogP contribution in [0.2, 0.25) is 0 Å². The fourth-order valence-corrected chi connectivity index (χ4v) is 3.07. The monoisotopic (exact) mass is 444 g/mol. The lowest BCUT2D eigenvalue weighted by atomic mass is 9.93. The third-order valence-electron chi connectivity index (χ3n) is 4.62. The molecule has 2 rings (SSSR count). The minimum atomic E-state index is 0. The van der Waals surface area contributed by atoms with Crippen LogP contribution >= 0.6 is 24.0 Å². The Balaban J connectivity index is 0.00000288. The molecule has 1 saturated heterocycles. The average molecular weight is 444 g/mol. The number of rotatable bonds is 5. The summed E-state index contributed by atoms with van der Waals surface area (Å²) in [5.41, 5.74) is 3.07. The van der Waals surface area contributed by atoms with E-state index in [1.165, 1.54) is 17.5 Å². The zero-order chi connectivity index (χ0) is 16.9. The van der Waals surface area contributed by atoms with Crippen LogP contribution in [0.1, 0.15) is 38.3 Å². The topological polar surface area (TPSA) is 30.9 Å². The maximum atomic E-state index is 4.46. The minimum absolute atomic E-state index is 0. The zero-order valence-electron chi connectivity index (χ0n) is 15.8. The van der Waals surface area contributed by atoms with E-state index in [9.17, 15) is 0 Å². The molecule has 0 radical (unpaired) electrons. The number of aliphatic imine (C=N–C) groups is 1. The molecule has 1 heterocycles. The third kappa shape index (κ3) is 6.24. The van der Waals surface area contributed by atoms with Gasteiger partial charge >= 0.3 is 0 Å². The van der Waals surface area contributed by atoms with Crippen LogP contribution in [0.25, 0.3) is 0 Å². The van der Waals surface area contributed by atoms with Crippen LogP contribution in [0, 0.1) is 5.41 Å². The lowest BCUT2D eigenvalue weighted by molar-refractivity contribution is 0.345. The maximum absolute atomic E-state index is 4.46. The van der Waals surface area contributed by atoms with Gasteiger partial charge in [0.25, 0.3) is 0 Å². The highest BCUT2D eigenvalue weighted by Crippen LogP contribution is 2.28. The van der Waals surface area contributed by atoms with Crippen molar-refractivity contribution in [1.82, 2.24) is 15.1 Å². The predicted octanol–water partition coefficient (Wildman–Crippen LogP) is 3.56. The van der Waals surface area contributed by atoms with E-state index in [2.05, 4.69) is 72.2 Å². The van der Waals surface area contributed by atoms with E-state index in [1.807, 2.05) is 7.05 Å². The summed E-state index contributed by atoms with van der Waals surface area (Å²) < 4.78 is 0. The van der Waals surface area contributed by atoms with Gasteiger partial charge in [-0.15, -0.1) is 24.0 Å². The van der Waals surface area contributed by atoms with E-state index < -0.39 is 0 Å². The smallest absolute Gasteiger partial charge is 0.193 e. The molecule has 0 saturated carbocycles. The fraction of sp³-hybridized carbons (Fsp3) is 0.632. The predicted molar refractivity (Wildman–Crippen MR) is 114 cm³/mol. The number of hydrogen-bond donors (Lipinski definition) is 1. The lowest BCUT2D eigenvalue weighted by Gasteiger charge is -2.24. The lowest BCUT2D eigenvalue weighted by Crippen LogP contribution is -2.40. The molecule has 0 aliphatic carbocycles. The second kappa shape index (κ2) is 9.61. The maximum Gasteiger partial charge on any atom is 0.193 e. The molecule has 1 fully saturated rings. The summed E-state index contributed by atoms with van der Waals surface area (Å²) in [6, 6.07) is 8.83. The van der Waals surface area contributed by atoms with Crippen molar-refractivity contribution >= 4 is 29.9 Å². The Hall–Kier alpha value is -0.820.